The summed E-state index contributed by atoms with van der Waals surface area (Å²) >= 11 is 0. The van der Waals surface area contributed by atoms with Gasteiger partial charge in [-0.2, -0.15) is 0 Å². The van der Waals surface area contributed by atoms with Gasteiger partial charge in [0.2, 0.25) is 0 Å². The maximum atomic E-state index is 12.8. The summed E-state index contributed by atoms with van der Waals surface area (Å²) < 4.78 is 0. The van der Waals surface area contributed by atoms with Crippen LogP contribution in [0.15, 0.2) is 24.4 Å². The van der Waals surface area contributed by atoms with E-state index in [2.05, 4.69) is 9.88 Å². The lowest BCUT2D eigenvalue weighted by Gasteiger charge is -2.35. The van der Waals surface area contributed by atoms with Crippen molar-refractivity contribution in [3.63, 3.8) is 0 Å². The fourth-order valence-corrected chi connectivity index (χ4v) is 4.35. The van der Waals surface area contributed by atoms with E-state index in [0.717, 1.165) is 57.6 Å². The van der Waals surface area contributed by atoms with E-state index in [9.17, 15) is 9.59 Å². The molecule has 0 N–H and O–H groups in total. The van der Waals surface area contributed by atoms with Crippen molar-refractivity contribution in [3.8, 4) is 0 Å². The molecule has 0 aromatic carbocycles. The van der Waals surface area contributed by atoms with Gasteiger partial charge in [-0.3, -0.25) is 19.6 Å². The van der Waals surface area contributed by atoms with E-state index in [4.69, 9.17) is 0 Å². The Morgan fingerprint density at radius 3 is 2.67 bits per heavy atom. The van der Waals surface area contributed by atoms with Crippen LogP contribution in [0.4, 0.5) is 4.79 Å². The highest BCUT2D eigenvalue weighted by Crippen LogP contribution is 2.39. The second-order valence-electron chi connectivity index (χ2n) is 7.32. The van der Waals surface area contributed by atoms with Gasteiger partial charge < -0.3 is 4.90 Å². The summed E-state index contributed by atoms with van der Waals surface area (Å²) in [5.74, 6) is 0.0215. The molecule has 24 heavy (non-hydrogen) atoms. The smallest absolute Gasteiger partial charge is 0.310 e. The molecule has 0 saturated carbocycles. The summed E-state index contributed by atoms with van der Waals surface area (Å²) in [5.41, 5.74) is 0.486. The molecule has 4 rings (SSSR count). The molecular formula is C18H24N4O2. The Morgan fingerprint density at radius 1 is 1.21 bits per heavy atom. The van der Waals surface area contributed by atoms with Crippen LogP contribution in [-0.2, 0) is 11.3 Å². The number of likely N-dealkylation sites (tertiary alicyclic amines) is 1. The van der Waals surface area contributed by atoms with Crippen LogP contribution in [0, 0.1) is 0 Å². The van der Waals surface area contributed by atoms with Crippen molar-refractivity contribution in [1.29, 1.82) is 0 Å². The number of piperidine rings is 1. The summed E-state index contributed by atoms with van der Waals surface area (Å²) in [6.45, 7) is 5.27. The number of pyridine rings is 1. The highest BCUT2D eigenvalue weighted by Gasteiger charge is 2.57. The second-order valence-corrected chi connectivity index (χ2v) is 7.32. The molecule has 1 atom stereocenters. The third-order valence-corrected chi connectivity index (χ3v) is 5.79. The standard InChI is InChI=1S/C18H24N4O2/c1-18-8-4-10-21(18)17(24)22(16(18)23)15-6-11-20(12-7-15)13-14-5-2-3-9-19-14/h2-3,5,9,15H,4,6-8,10-13H2,1H3/t18-/m0/s1. The van der Waals surface area contributed by atoms with E-state index < -0.39 is 5.54 Å². The van der Waals surface area contributed by atoms with E-state index >= 15 is 0 Å². The van der Waals surface area contributed by atoms with Crippen molar-refractivity contribution in [3.05, 3.63) is 30.1 Å². The largest absolute Gasteiger partial charge is 0.327 e. The van der Waals surface area contributed by atoms with E-state index in [1.54, 1.807) is 9.80 Å². The Kier molecular flexibility index (Phi) is 3.79. The highest BCUT2D eigenvalue weighted by molar-refractivity contribution is 6.07. The highest BCUT2D eigenvalue weighted by atomic mass is 16.2. The van der Waals surface area contributed by atoms with E-state index in [0.29, 0.717) is 0 Å². The SMILES string of the molecule is C[C@@]12CCCN1C(=O)N(C1CCN(Cc3ccccn3)CC1)C2=O. The van der Waals surface area contributed by atoms with Gasteiger partial charge >= 0.3 is 6.03 Å². The third-order valence-electron chi connectivity index (χ3n) is 5.79. The van der Waals surface area contributed by atoms with Gasteiger partial charge in [0.25, 0.3) is 5.91 Å². The molecule has 6 nitrogen and oxygen atoms in total. The number of fused-ring (bicyclic) bond motifs is 1. The minimum absolute atomic E-state index is 0.0215. The van der Waals surface area contributed by atoms with Gasteiger partial charge in [0, 0.05) is 38.4 Å². The number of imide groups is 1. The average Bonchev–Trinajstić information content (AvgIpc) is 3.07. The molecule has 3 aliphatic heterocycles. The van der Waals surface area contributed by atoms with Crippen molar-refractivity contribution in [1.82, 2.24) is 19.7 Å². The predicted molar refractivity (Wildman–Crippen MR) is 89.1 cm³/mol. The van der Waals surface area contributed by atoms with Gasteiger partial charge in [0.15, 0.2) is 0 Å². The molecule has 3 saturated heterocycles. The van der Waals surface area contributed by atoms with Crippen LogP contribution in [0.3, 0.4) is 0 Å². The summed E-state index contributed by atoms with van der Waals surface area (Å²) in [4.78, 5) is 35.6. The zero-order valence-electron chi connectivity index (χ0n) is 14.1. The summed E-state index contributed by atoms with van der Waals surface area (Å²) in [5, 5.41) is 0. The fourth-order valence-electron chi connectivity index (χ4n) is 4.35. The minimum Gasteiger partial charge on any atom is -0.310 e. The van der Waals surface area contributed by atoms with Crippen LogP contribution in [0.5, 0.6) is 0 Å². The first-order chi connectivity index (χ1) is 11.6. The number of aromatic nitrogens is 1. The molecule has 0 spiro atoms. The summed E-state index contributed by atoms with van der Waals surface area (Å²) in [7, 11) is 0. The number of nitrogens with zero attached hydrogens (tertiary/aromatic N) is 4. The Balaban J connectivity index is 1.40. The maximum Gasteiger partial charge on any atom is 0.327 e. The van der Waals surface area contributed by atoms with Crippen LogP contribution in [0.2, 0.25) is 0 Å². The molecule has 3 aliphatic rings. The Morgan fingerprint density at radius 2 is 2.00 bits per heavy atom. The van der Waals surface area contributed by atoms with Gasteiger partial charge in [-0.25, -0.2) is 4.79 Å². The molecule has 0 unspecified atom stereocenters. The normalized spacial score (nSPS) is 28.7. The molecular weight excluding hydrogens is 304 g/mol. The first-order valence-corrected chi connectivity index (χ1v) is 8.87. The number of rotatable bonds is 3. The Bertz CT molecular complexity index is 642. The predicted octanol–water partition coefficient (Wildman–Crippen LogP) is 1.86. The number of carbonyl (C=O) groups is 2. The molecule has 0 radical (unpaired) electrons. The molecule has 3 amide bonds. The zero-order valence-corrected chi connectivity index (χ0v) is 14.1. The summed E-state index contributed by atoms with van der Waals surface area (Å²) in [6.07, 6.45) is 5.26. The van der Waals surface area contributed by atoms with E-state index in [1.807, 2.05) is 31.3 Å². The Hall–Kier alpha value is -1.95. The maximum absolute atomic E-state index is 12.8. The van der Waals surface area contributed by atoms with Gasteiger partial charge in [-0.15, -0.1) is 0 Å². The number of hydrogen-bond acceptors (Lipinski definition) is 4. The number of amides is 3. The molecule has 1 aromatic heterocycles. The average molecular weight is 328 g/mol. The van der Waals surface area contributed by atoms with Gasteiger partial charge in [-0.1, -0.05) is 6.07 Å². The number of urea groups is 1. The minimum atomic E-state index is -0.581. The lowest BCUT2D eigenvalue weighted by atomic mass is 9.97. The van der Waals surface area contributed by atoms with Crippen LogP contribution in [0.1, 0.15) is 38.3 Å². The lowest BCUT2D eigenvalue weighted by Crippen LogP contribution is -2.48. The number of carbonyl (C=O) groups excluding carboxylic acids is 2. The number of hydrogen-bond donors (Lipinski definition) is 0. The zero-order chi connectivity index (χ0) is 16.7. The van der Waals surface area contributed by atoms with Crippen molar-refractivity contribution < 1.29 is 9.59 Å². The second kappa shape index (κ2) is 5.84. The van der Waals surface area contributed by atoms with Crippen LogP contribution < -0.4 is 0 Å². The van der Waals surface area contributed by atoms with Gasteiger partial charge in [0.1, 0.15) is 5.54 Å². The molecule has 3 fully saturated rings. The first kappa shape index (κ1) is 15.6. The van der Waals surface area contributed by atoms with Crippen molar-refractivity contribution in [2.45, 2.75) is 50.7 Å². The van der Waals surface area contributed by atoms with Gasteiger partial charge in [-0.05, 0) is 44.7 Å². The lowest BCUT2D eigenvalue weighted by molar-refractivity contribution is -0.134. The molecule has 0 bridgehead atoms. The fraction of sp³-hybridized carbons (Fsp3) is 0.611. The van der Waals surface area contributed by atoms with Crippen molar-refractivity contribution in [2.75, 3.05) is 19.6 Å². The Labute approximate surface area is 142 Å². The van der Waals surface area contributed by atoms with Gasteiger partial charge in [0.05, 0.1) is 5.69 Å². The molecule has 4 heterocycles. The quantitative estimate of drug-likeness (QED) is 0.795. The van der Waals surface area contributed by atoms with Crippen LogP contribution >= 0.6 is 0 Å². The third kappa shape index (κ3) is 2.40. The molecule has 128 valence electrons. The first-order valence-electron chi connectivity index (χ1n) is 8.87. The van der Waals surface area contributed by atoms with Crippen molar-refractivity contribution >= 4 is 11.9 Å². The molecule has 6 heteroatoms. The van der Waals surface area contributed by atoms with E-state index in [-0.39, 0.29) is 18.0 Å². The van der Waals surface area contributed by atoms with E-state index in [1.165, 1.54) is 0 Å². The van der Waals surface area contributed by atoms with Crippen LogP contribution in [0.25, 0.3) is 0 Å². The summed E-state index contributed by atoms with van der Waals surface area (Å²) in [6, 6.07) is 5.95. The monoisotopic (exact) mass is 328 g/mol. The van der Waals surface area contributed by atoms with Crippen LogP contribution in [-0.4, -0.2) is 62.8 Å². The molecule has 1 aromatic rings. The van der Waals surface area contributed by atoms with Crippen molar-refractivity contribution in [2.24, 2.45) is 0 Å². The molecule has 0 aliphatic carbocycles. The topological polar surface area (TPSA) is 56.8 Å².